The molecular formula is C17H37Cl2NPTi-. The number of rotatable bonds is 0. The summed E-state index contributed by atoms with van der Waals surface area (Å²) in [4.78, 5) is 0. The monoisotopic (exact) mass is 404 g/mol. The quantitative estimate of drug-likeness (QED) is 0.285. The molecule has 1 rings (SSSR count). The number of nitrogens with zero attached hydrogens (tertiary/aromatic N) is 1. The van der Waals surface area contributed by atoms with Crippen molar-refractivity contribution < 1.29 is 17.0 Å². The van der Waals surface area contributed by atoms with Crippen molar-refractivity contribution in [3.8, 4) is 0 Å². The molecule has 5 heteroatoms. The molecule has 1 aliphatic rings. The summed E-state index contributed by atoms with van der Waals surface area (Å²) in [5.41, 5.74) is 0. The van der Waals surface area contributed by atoms with Crippen LogP contribution in [-0.4, -0.2) is 15.5 Å². The van der Waals surface area contributed by atoms with E-state index in [1.54, 1.807) is 0 Å². The molecule has 1 saturated carbocycles. The van der Waals surface area contributed by atoms with Crippen LogP contribution in [0.4, 0.5) is 0 Å². The van der Waals surface area contributed by atoms with Crippen LogP contribution in [0.1, 0.15) is 94.4 Å². The summed E-state index contributed by atoms with van der Waals surface area (Å²) >= 11 is -0.556. The van der Waals surface area contributed by atoms with Crippen LogP contribution in [0.25, 0.3) is 5.16 Å². The maximum absolute atomic E-state index is 11.1. The van der Waals surface area contributed by atoms with Gasteiger partial charge in [-0.3, -0.25) is 0 Å². The third-order valence-electron chi connectivity index (χ3n) is 4.16. The molecule has 22 heavy (non-hydrogen) atoms. The third-order valence-corrected chi connectivity index (χ3v) is 9.99. The standard InChI is InChI=1S/C12H27NP.C5H10.2ClH.Ti/c1-10(2,3)14(13,11(4,5)6)12(7,8)9;1-2-4-5-3-1;;;/h1-9H3;1-5H2;2*1H;/q-1;;;;+2/p-2. The van der Waals surface area contributed by atoms with Gasteiger partial charge < -0.3 is 5.16 Å². The van der Waals surface area contributed by atoms with Crippen LogP contribution in [-0.2, 0) is 17.0 Å². The zero-order valence-electron chi connectivity index (χ0n) is 16.2. The van der Waals surface area contributed by atoms with Gasteiger partial charge in [-0.1, -0.05) is 94.4 Å². The molecule has 0 aromatic carbocycles. The Bertz CT molecular complexity index is 284. The van der Waals surface area contributed by atoms with Gasteiger partial charge >= 0.3 is 35.6 Å². The van der Waals surface area contributed by atoms with Crippen LogP contribution >= 0.6 is 25.7 Å². The molecule has 1 aliphatic carbocycles. The molecule has 0 aromatic rings. The van der Waals surface area contributed by atoms with E-state index in [2.05, 4.69) is 62.3 Å². The summed E-state index contributed by atoms with van der Waals surface area (Å²) in [7, 11) is 7.76. The van der Waals surface area contributed by atoms with Gasteiger partial charge in [0.05, 0.1) is 0 Å². The summed E-state index contributed by atoms with van der Waals surface area (Å²) < 4.78 is 0. The van der Waals surface area contributed by atoms with Crippen LogP contribution in [0.3, 0.4) is 0 Å². The fraction of sp³-hybridized carbons (Fsp3) is 1.00. The predicted octanol–water partition coefficient (Wildman–Crippen LogP) is 8.48. The Hall–Kier alpha value is 1.52. The number of halogens is 2. The first-order valence-corrected chi connectivity index (χ1v) is 14.3. The molecule has 134 valence electrons. The van der Waals surface area contributed by atoms with Crippen LogP contribution in [0.5, 0.6) is 0 Å². The minimum absolute atomic E-state index is 0.0104. The molecule has 0 bridgehead atoms. The Balaban J connectivity index is 0. The normalized spacial score (nSPS) is 16.1. The van der Waals surface area contributed by atoms with Crippen molar-refractivity contribution >= 4 is 25.7 Å². The van der Waals surface area contributed by atoms with Gasteiger partial charge in [-0.15, -0.1) is 0 Å². The summed E-state index contributed by atoms with van der Waals surface area (Å²) in [5, 5.41) is 11.1. The maximum atomic E-state index is 11.1. The summed E-state index contributed by atoms with van der Waals surface area (Å²) in [6, 6.07) is 0. The third kappa shape index (κ3) is 8.07. The van der Waals surface area contributed by atoms with Crippen molar-refractivity contribution in [2.24, 2.45) is 0 Å². The zero-order chi connectivity index (χ0) is 18.2. The molecule has 0 amide bonds. The van der Waals surface area contributed by atoms with E-state index in [4.69, 9.17) is 18.6 Å². The van der Waals surface area contributed by atoms with E-state index in [9.17, 15) is 5.16 Å². The summed E-state index contributed by atoms with van der Waals surface area (Å²) in [6.07, 6.45) is 7.50. The second kappa shape index (κ2) is 10.5. The van der Waals surface area contributed by atoms with Crippen LogP contribution < -0.4 is 0 Å². The van der Waals surface area contributed by atoms with E-state index >= 15 is 0 Å². The van der Waals surface area contributed by atoms with E-state index in [1.165, 1.54) is 32.1 Å². The van der Waals surface area contributed by atoms with Gasteiger partial charge in [0.25, 0.3) is 0 Å². The molecule has 0 atom stereocenters. The van der Waals surface area contributed by atoms with E-state index in [-0.39, 0.29) is 15.5 Å². The molecule has 0 radical (unpaired) electrons. The molecule has 0 saturated heterocycles. The Kier molecular flexibility index (Phi) is 12.3. The zero-order valence-corrected chi connectivity index (χ0v) is 20.2. The molecule has 0 N–H and O–H groups in total. The predicted molar refractivity (Wildman–Crippen MR) is 104 cm³/mol. The van der Waals surface area contributed by atoms with Crippen molar-refractivity contribution in [3.63, 3.8) is 0 Å². The molecule has 0 spiro atoms. The van der Waals surface area contributed by atoms with Gasteiger partial charge in [0.15, 0.2) is 0 Å². The Morgan fingerprint density at radius 1 is 0.636 bits per heavy atom. The van der Waals surface area contributed by atoms with Gasteiger partial charge in [-0.05, 0) is 15.5 Å². The fourth-order valence-electron chi connectivity index (χ4n) is 3.90. The average Bonchev–Trinajstić information content (AvgIpc) is 2.82. The Labute approximate surface area is 157 Å². The van der Waals surface area contributed by atoms with Crippen molar-refractivity contribution in [3.05, 3.63) is 5.16 Å². The topological polar surface area (TPSA) is 22.3 Å². The van der Waals surface area contributed by atoms with Crippen molar-refractivity contribution in [2.75, 3.05) is 0 Å². The average molecular weight is 405 g/mol. The first kappa shape index (κ1) is 25.8. The molecule has 0 aliphatic heterocycles. The first-order valence-electron chi connectivity index (χ1n) is 8.25. The van der Waals surface area contributed by atoms with Gasteiger partial charge in [-0.25, -0.2) is 7.05 Å². The first-order chi connectivity index (χ1) is 9.66. The second-order valence-electron chi connectivity index (χ2n) is 8.99. The van der Waals surface area contributed by atoms with Gasteiger partial charge in [-0.2, -0.15) is 0 Å². The van der Waals surface area contributed by atoms with Crippen LogP contribution in [0.15, 0.2) is 0 Å². The van der Waals surface area contributed by atoms with E-state index in [0.717, 1.165) is 0 Å². The summed E-state index contributed by atoms with van der Waals surface area (Å²) in [5.74, 6) is 0. The van der Waals surface area contributed by atoms with Crippen molar-refractivity contribution in [2.45, 2.75) is 110 Å². The SMILES string of the molecule is C1CCCC1.CC(C)(C)P(=[N-])(C(C)(C)C)C(C)(C)C.[Cl][Ti][Cl]. The molecular weight excluding hydrogens is 368 g/mol. The second-order valence-corrected chi connectivity index (χ2v) is 16.9. The Morgan fingerprint density at radius 2 is 0.773 bits per heavy atom. The molecule has 1 nitrogen and oxygen atoms in total. The number of hydrogen-bond acceptors (Lipinski definition) is 0. The van der Waals surface area contributed by atoms with E-state index in [1.807, 2.05) is 0 Å². The van der Waals surface area contributed by atoms with Crippen LogP contribution in [0.2, 0.25) is 0 Å². The van der Waals surface area contributed by atoms with Gasteiger partial charge in [0, 0.05) is 0 Å². The molecule has 0 unspecified atom stereocenters. The fourth-order valence-corrected chi connectivity index (χ4v) is 9.94. The molecule has 0 heterocycles. The summed E-state index contributed by atoms with van der Waals surface area (Å²) in [6.45, 7) is 19.5. The molecule has 0 aromatic heterocycles. The molecule has 1 fully saturated rings. The van der Waals surface area contributed by atoms with Crippen LogP contribution in [0, 0.1) is 0 Å². The van der Waals surface area contributed by atoms with Gasteiger partial charge in [0.2, 0.25) is 0 Å². The van der Waals surface area contributed by atoms with Crippen molar-refractivity contribution in [1.82, 2.24) is 0 Å². The van der Waals surface area contributed by atoms with Crippen molar-refractivity contribution in [1.29, 1.82) is 0 Å². The van der Waals surface area contributed by atoms with Gasteiger partial charge in [0.1, 0.15) is 0 Å². The van der Waals surface area contributed by atoms with E-state index < -0.39 is 24.1 Å². The van der Waals surface area contributed by atoms with E-state index in [0.29, 0.717) is 0 Å². The minimum atomic E-state index is -2.02. The Morgan fingerprint density at radius 3 is 0.818 bits per heavy atom. The number of hydrogen-bond donors (Lipinski definition) is 0.